The van der Waals surface area contributed by atoms with E-state index >= 15 is 0 Å². The van der Waals surface area contributed by atoms with Gasteiger partial charge >= 0.3 is 0 Å². The van der Waals surface area contributed by atoms with Gasteiger partial charge in [-0.2, -0.15) is 0 Å². The van der Waals surface area contributed by atoms with Crippen LogP contribution in [0.3, 0.4) is 0 Å². The lowest BCUT2D eigenvalue weighted by Gasteiger charge is -2.31. The first-order valence-electron chi connectivity index (χ1n) is 9.29. The van der Waals surface area contributed by atoms with Crippen LogP contribution in [-0.2, 0) is 11.2 Å². The molecule has 1 aromatic carbocycles. The van der Waals surface area contributed by atoms with Crippen LogP contribution < -0.4 is 15.2 Å². The summed E-state index contributed by atoms with van der Waals surface area (Å²) in [5.74, 6) is 3.41. The van der Waals surface area contributed by atoms with E-state index in [2.05, 4.69) is 23.3 Å². The lowest BCUT2D eigenvalue weighted by Crippen LogP contribution is -2.35. The van der Waals surface area contributed by atoms with Gasteiger partial charge in [0.15, 0.2) is 17.5 Å². The van der Waals surface area contributed by atoms with E-state index in [4.69, 9.17) is 31.5 Å². The van der Waals surface area contributed by atoms with E-state index in [0.29, 0.717) is 29.2 Å². The van der Waals surface area contributed by atoms with Crippen LogP contribution in [0.1, 0.15) is 12.0 Å². The van der Waals surface area contributed by atoms with Gasteiger partial charge in [0.2, 0.25) is 6.79 Å². The van der Waals surface area contributed by atoms with Crippen molar-refractivity contribution in [2.75, 3.05) is 27.5 Å². The summed E-state index contributed by atoms with van der Waals surface area (Å²) in [7, 11) is 3.61. The Kier molecular flexibility index (Phi) is 5.22. The van der Waals surface area contributed by atoms with Crippen LogP contribution in [0.2, 0.25) is 5.02 Å². The van der Waals surface area contributed by atoms with E-state index < -0.39 is 0 Å². The molecule has 0 radical (unpaired) electrons. The highest BCUT2D eigenvalue weighted by atomic mass is 35.5. The maximum atomic E-state index is 6.56. The fourth-order valence-corrected chi connectivity index (χ4v) is 4.06. The molecule has 2 N–H and O–H groups in total. The maximum Gasteiger partial charge on any atom is 0.231 e. The number of nitrogens with two attached hydrogens (primary N) is 1. The third-order valence-electron chi connectivity index (χ3n) is 5.45. The highest BCUT2D eigenvalue weighted by Crippen LogP contribution is 2.40. The van der Waals surface area contributed by atoms with Crippen LogP contribution in [0.15, 0.2) is 52.9 Å². The second-order valence-corrected chi connectivity index (χ2v) is 7.57. The van der Waals surface area contributed by atoms with Gasteiger partial charge in [-0.05, 0) is 54.0 Å². The highest BCUT2D eigenvalue weighted by Gasteiger charge is 2.28. The summed E-state index contributed by atoms with van der Waals surface area (Å²) in [6, 6.07) is 3.83. The molecular weight excluding hydrogens is 378 g/mol. The van der Waals surface area contributed by atoms with Crippen LogP contribution in [0, 0.1) is 11.8 Å². The van der Waals surface area contributed by atoms with Gasteiger partial charge in [0, 0.05) is 24.3 Å². The molecule has 1 aliphatic carbocycles. The molecule has 7 heteroatoms. The predicted molar refractivity (Wildman–Crippen MR) is 109 cm³/mol. The van der Waals surface area contributed by atoms with Crippen molar-refractivity contribution in [2.24, 2.45) is 22.6 Å². The molecule has 2 atom stereocenters. The van der Waals surface area contributed by atoms with Crippen molar-refractivity contribution < 1.29 is 14.2 Å². The molecule has 4 rings (SSSR count). The molecule has 2 unspecified atom stereocenters. The molecule has 0 bridgehead atoms. The zero-order valence-electron chi connectivity index (χ0n) is 16.0. The number of halogens is 1. The number of fused-ring (bicyclic) bond motifs is 1. The first-order valence-corrected chi connectivity index (χ1v) is 9.66. The minimum Gasteiger partial charge on any atom is -0.497 e. The Bertz CT molecular complexity index is 891. The summed E-state index contributed by atoms with van der Waals surface area (Å²) >= 11 is 6.56. The molecule has 1 aromatic rings. The predicted octanol–water partition coefficient (Wildman–Crippen LogP) is 3.48. The molecule has 0 amide bonds. The largest absolute Gasteiger partial charge is 0.497 e. The van der Waals surface area contributed by atoms with Crippen LogP contribution in [0.4, 0.5) is 0 Å². The van der Waals surface area contributed by atoms with E-state index in [1.807, 2.05) is 30.2 Å². The quantitative estimate of drug-likeness (QED) is 0.818. The van der Waals surface area contributed by atoms with Crippen LogP contribution in [0.25, 0.3) is 0 Å². The zero-order valence-corrected chi connectivity index (χ0v) is 16.8. The Morgan fingerprint density at radius 2 is 2.14 bits per heavy atom. The standard InChI is InChI=1S/C21H24ClN3O3/c1-25-11-15(10-24-21(25)23)17(13-3-5-16(26-2)6-4-13)7-14-8-19-20(9-18(14)22)28-12-27-19/h3,5-6,8-9,11,13,17H,4,7,10,12H2,1-2H3,(H2,23,24). The Hall–Kier alpha value is -2.60. The molecule has 0 fully saturated rings. The Morgan fingerprint density at radius 1 is 1.36 bits per heavy atom. The normalized spacial score (nSPS) is 21.8. The fraction of sp³-hybridized carbons (Fsp3) is 0.381. The highest BCUT2D eigenvalue weighted by molar-refractivity contribution is 6.31. The van der Waals surface area contributed by atoms with Crippen molar-refractivity contribution in [3.8, 4) is 11.5 Å². The van der Waals surface area contributed by atoms with Crippen molar-refractivity contribution >= 4 is 17.6 Å². The van der Waals surface area contributed by atoms with Crippen LogP contribution in [-0.4, -0.2) is 38.4 Å². The van der Waals surface area contributed by atoms with Gasteiger partial charge < -0.3 is 24.8 Å². The summed E-state index contributed by atoms with van der Waals surface area (Å²) in [5.41, 5.74) is 8.20. The summed E-state index contributed by atoms with van der Waals surface area (Å²) in [6.07, 6.45) is 10.1. The molecule has 0 saturated carbocycles. The molecule has 2 heterocycles. The summed E-state index contributed by atoms with van der Waals surface area (Å²) in [4.78, 5) is 6.34. The van der Waals surface area contributed by atoms with Gasteiger partial charge in [0.1, 0.15) is 5.76 Å². The van der Waals surface area contributed by atoms with Gasteiger partial charge in [0.05, 0.1) is 13.7 Å². The van der Waals surface area contributed by atoms with Gasteiger partial charge in [-0.15, -0.1) is 0 Å². The number of hydrogen-bond acceptors (Lipinski definition) is 6. The number of methoxy groups -OCH3 is 1. The first kappa shape index (κ1) is 18.7. The average Bonchev–Trinajstić information content (AvgIpc) is 3.15. The van der Waals surface area contributed by atoms with E-state index in [9.17, 15) is 0 Å². The third-order valence-corrected chi connectivity index (χ3v) is 5.81. The van der Waals surface area contributed by atoms with E-state index in [0.717, 1.165) is 29.9 Å². The second kappa shape index (κ2) is 7.80. The lowest BCUT2D eigenvalue weighted by atomic mass is 9.78. The zero-order chi connectivity index (χ0) is 19.7. The van der Waals surface area contributed by atoms with Gasteiger partial charge in [-0.3, -0.25) is 0 Å². The van der Waals surface area contributed by atoms with Gasteiger partial charge in [-0.1, -0.05) is 17.7 Å². The minimum absolute atomic E-state index is 0.225. The number of nitrogens with zero attached hydrogens (tertiary/aromatic N) is 2. The molecule has 28 heavy (non-hydrogen) atoms. The SMILES string of the molecule is COC1=CCC(C(Cc2cc3c(cc2Cl)OCO3)C2=CN(C)C(N)=NC2)C=C1. The number of benzene rings is 1. The molecule has 6 nitrogen and oxygen atoms in total. The summed E-state index contributed by atoms with van der Waals surface area (Å²) in [6.45, 7) is 0.826. The van der Waals surface area contributed by atoms with E-state index in [1.54, 1.807) is 7.11 Å². The molecular formula is C21H24ClN3O3. The van der Waals surface area contributed by atoms with Crippen molar-refractivity contribution in [1.82, 2.24) is 4.90 Å². The molecule has 2 aliphatic heterocycles. The molecule has 0 saturated heterocycles. The Balaban J connectivity index is 1.64. The minimum atomic E-state index is 0.225. The topological polar surface area (TPSA) is 69.3 Å². The Morgan fingerprint density at radius 3 is 2.82 bits per heavy atom. The van der Waals surface area contributed by atoms with Crippen LogP contribution >= 0.6 is 11.6 Å². The third kappa shape index (κ3) is 3.69. The molecule has 0 spiro atoms. The van der Waals surface area contributed by atoms with Gasteiger partial charge in [-0.25, -0.2) is 4.99 Å². The van der Waals surface area contributed by atoms with E-state index in [1.165, 1.54) is 5.57 Å². The fourth-order valence-electron chi connectivity index (χ4n) is 3.83. The number of guanidine groups is 1. The maximum absolute atomic E-state index is 6.56. The average molecular weight is 402 g/mol. The van der Waals surface area contributed by atoms with Crippen molar-refractivity contribution in [2.45, 2.75) is 12.8 Å². The van der Waals surface area contributed by atoms with Crippen molar-refractivity contribution in [3.63, 3.8) is 0 Å². The summed E-state index contributed by atoms with van der Waals surface area (Å²) in [5, 5.41) is 0.690. The number of hydrogen-bond donors (Lipinski definition) is 1. The molecule has 3 aliphatic rings. The Labute approximate surface area is 169 Å². The van der Waals surface area contributed by atoms with Crippen molar-refractivity contribution in [1.29, 1.82) is 0 Å². The van der Waals surface area contributed by atoms with Gasteiger partial charge in [0.25, 0.3) is 0 Å². The van der Waals surface area contributed by atoms with E-state index in [-0.39, 0.29) is 12.7 Å². The first-order chi connectivity index (χ1) is 13.5. The smallest absolute Gasteiger partial charge is 0.231 e. The van der Waals surface area contributed by atoms with Crippen molar-refractivity contribution in [3.05, 3.63) is 58.5 Å². The number of allylic oxidation sites excluding steroid dienone is 3. The molecule has 148 valence electrons. The number of ether oxygens (including phenoxy) is 3. The lowest BCUT2D eigenvalue weighted by molar-refractivity contribution is 0.174. The van der Waals surface area contributed by atoms with Crippen LogP contribution in [0.5, 0.6) is 11.5 Å². The second-order valence-electron chi connectivity index (χ2n) is 7.17. The molecule has 0 aromatic heterocycles. The monoisotopic (exact) mass is 401 g/mol. The summed E-state index contributed by atoms with van der Waals surface area (Å²) < 4.78 is 16.3. The number of aliphatic imine (C=N–C) groups is 1. The number of rotatable bonds is 5.